The van der Waals surface area contributed by atoms with E-state index >= 15 is 0 Å². The second-order valence-corrected chi connectivity index (χ2v) is 7.97. The average Bonchev–Trinajstić information content (AvgIpc) is 2.64. The lowest BCUT2D eigenvalue weighted by Crippen LogP contribution is -2.30. The molecule has 0 spiro atoms. The van der Waals surface area contributed by atoms with E-state index in [9.17, 15) is 13.2 Å². The maximum atomic E-state index is 12.6. The molecule has 0 fully saturated rings. The molecule has 0 N–H and O–H groups in total. The van der Waals surface area contributed by atoms with Crippen molar-refractivity contribution in [3.8, 4) is 0 Å². The maximum absolute atomic E-state index is 12.6. The van der Waals surface area contributed by atoms with E-state index in [4.69, 9.17) is 16.3 Å². The normalized spacial score (nSPS) is 11.7. The minimum absolute atomic E-state index is 0.0546. The van der Waals surface area contributed by atoms with Gasteiger partial charge in [-0.05, 0) is 23.8 Å². The van der Waals surface area contributed by atoms with E-state index in [0.29, 0.717) is 29.2 Å². The number of ether oxygens (including phenoxy) is 1. The van der Waals surface area contributed by atoms with Crippen LogP contribution < -0.4 is 0 Å². The first-order valence-electron chi connectivity index (χ1n) is 8.34. The highest BCUT2D eigenvalue weighted by Crippen LogP contribution is 2.23. The van der Waals surface area contributed by atoms with Gasteiger partial charge in [-0.25, -0.2) is 8.42 Å². The van der Waals surface area contributed by atoms with Gasteiger partial charge in [-0.2, -0.15) is 4.31 Å². The van der Waals surface area contributed by atoms with Gasteiger partial charge in [0.2, 0.25) is 10.0 Å². The first kappa shape index (κ1) is 20.6. The molecule has 0 saturated carbocycles. The summed E-state index contributed by atoms with van der Waals surface area (Å²) < 4.78 is 32.1. The molecule has 0 unspecified atom stereocenters. The highest BCUT2D eigenvalue weighted by molar-refractivity contribution is 7.89. The Hall–Kier alpha value is -1.73. The second-order valence-electron chi connectivity index (χ2n) is 5.62. The molecule has 0 aliphatic carbocycles. The van der Waals surface area contributed by atoms with E-state index < -0.39 is 10.0 Å². The number of rotatable bonds is 9. The zero-order valence-corrected chi connectivity index (χ0v) is 16.4. The summed E-state index contributed by atoms with van der Waals surface area (Å²) in [6.07, 6.45) is 0. The molecule has 0 aromatic heterocycles. The van der Waals surface area contributed by atoms with Gasteiger partial charge in [0.1, 0.15) is 6.61 Å². The van der Waals surface area contributed by atoms with Gasteiger partial charge in [0.05, 0.1) is 11.5 Å². The van der Waals surface area contributed by atoms with Crippen molar-refractivity contribution < 1.29 is 17.9 Å². The van der Waals surface area contributed by atoms with E-state index in [1.807, 2.05) is 6.07 Å². The topological polar surface area (TPSA) is 63.7 Å². The van der Waals surface area contributed by atoms with Crippen LogP contribution in [0.1, 0.15) is 29.8 Å². The number of ketones is 1. The Kier molecular flexibility index (Phi) is 7.34. The van der Waals surface area contributed by atoms with Crippen molar-refractivity contribution in [1.82, 2.24) is 4.31 Å². The van der Waals surface area contributed by atoms with Crippen molar-refractivity contribution in [2.45, 2.75) is 25.3 Å². The van der Waals surface area contributed by atoms with Crippen molar-refractivity contribution in [1.29, 1.82) is 0 Å². The van der Waals surface area contributed by atoms with E-state index in [2.05, 4.69) is 0 Å². The number of benzene rings is 2. The van der Waals surface area contributed by atoms with Crippen LogP contribution in [0.5, 0.6) is 0 Å². The SMILES string of the molecule is CCN(CC)S(=O)(=O)c1ccc(Cl)c(COCC(=O)c2ccccc2)c1. The fraction of sp³-hybridized carbons (Fsp3) is 0.316. The van der Waals surface area contributed by atoms with Crippen LogP contribution >= 0.6 is 11.6 Å². The van der Waals surface area contributed by atoms with Crippen molar-refractivity contribution >= 4 is 27.4 Å². The molecule has 0 heterocycles. The third-order valence-corrected chi connectivity index (χ3v) is 6.36. The Bertz CT molecular complexity index is 849. The minimum atomic E-state index is -3.57. The number of sulfonamides is 1. The fourth-order valence-electron chi connectivity index (χ4n) is 2.50. The van der Waals surface area contributed by atoms with Gasteiger partial charge in [-0.3, -0.25) is 4.79 Å². The van der Waals surface area contributed by atoms with Crippen molar-refractivity contribution in [3.63, 3.8) is 0 Å². The number of carbonyl (C=O) groups is 1. The van der Waals surface area contributed by atoms with Crippen LogP contribution in [0.25, 0.3) is 0 Å². The molecule has 5 nitrogen and oxygen atoms in total. The molecule has 140 valence electrons. The summed E-state index contributed by atoms with van der Waals surface area (Å²) >= 11 is 6.15. The smallest absolute Gasteiger partial charge is 0.243 e. The molecule has 2 aromatic rings. The maximum Gasteiger partial charge on any atom is 0.243 e. The molecule has 2 aromatic carbocycles. The zero-order chi connectivity index (χ0) is 19.2. The molecule has 0 radical (unpaired) electrons. The Morgan fingerprint density at radius 3 is 2.35 bits per heavy atom. The van der Waals surface area contributed by atoms with Crippen LogP contribution in [0.3, 0.4) is 0 Å². The number of carbonyl (C=O) groups excluding carboxylic acids is 1. The summed E-state index contributed by atoms with van der Waals surface area (Å²) in [5, 5.41) is 0.399. The van der Waals surface area contributed by atoms with Crippen molar-refractivity contribution in [3.05, 3.63) is 64.7 Å². The monoisotopic (exact) mass is 395 g/mol. The van der Waals surface area contributed by atoms with Crippen LogP contribution in [0.2, 0.25) is 5.02 Å². The molecule has 0 saturated heterocycles. The predicted octanol–water partition coefficient (Wildman–Crippen LogP) is 3.77. The number of halogens is 1. The van der Waals surface area contributed by atoms with E-state index in [1.165, 1.54) is 22.5 Å². The third kappa shape index (κ3) is 4.92. The van der Waals surface area contributed by atoms with Gasteiger partial charge in [0.15, 0.2) is 5.78 Å². The van der Waals surface area contributed by atoms with Gasteiger partial charge < -0.3 is 4.74 Å². The minimum Gasteiger partial charge on any atom is -0.369 e. The Morgan fingerprint density at radius 1 is 1.08 bits per heavy atom. The summed E-state index contributed by atoms with van der Waals surface area (Å²) in [5.41, 5.74) is 1.09. The van der Waals surface area contributed by atoms with Crippen LogP contribution in [0.4, 0.5) is 0 Å². The molecule has 2 rings (SSSR count). The zero-order valence-electron chi connectivity index (χ0n) is 14.8. The summed E-state index contributed by atoms with van der Waals surface area (Å²) in [4.78, 5) is 12.2. The van der Waals surface area contributed by atoms with Gasteiger partial charge in [-0.1, -0.05) is 55.8 Å². The van der Waals surface area contributed by atoms with E-state index in [-0.39, 0.29) is 23.9 Å². The molecule has 7 heteroatoms. The number of nitrogens with zero attached hydrogens (tertiary/aromatic N) is 1. The quantitative estimate of drug-likeness (QED) is 0.606. The lowest BCUT2D eigenvalue weighted by atomic mass is 10.1. The molecule has 0 aliphatic heterocycles. The molecular weight excluding hydrogens is 374 g/mol. The summed E-state index contributed by atoms with van der Waals surface area (Å²) in [5.74, 6) is -0.145. The van der Waals surface area contributed by atoms with Gasteiger partial charge >= 0.3 is 0 Å². The van der Waals surface area contributed by atoms with Crippen LogP contribution in [-0.4, -0.2) is 38.2 Å². The van der Waals surface area contributed by atoms with Crippen LogP contribution in [-0.2, 0) is 21.4 Å². The first-order valence-corrected chi connectivity index (χ1v) is 10.2. The predicted molar refractivity (Wildman–Crippen MR) is 102 cm³/mol. The summed E-state index contributed by atoms with van der Waals surface area (Å²) in [7, 11) is -3.57. The molecule has 26 heavy (non-hydrogen) atoms. The lowest BCUT2D eigenvalue weighted by Gasteiger charge is -2.19. The van der Waals surface area contributed by atoms with Gasteiger partial charge in [0, 0.05) is 23.7 Å². The molecular formula is C19H22ClNO4S. The van der Waals surface area contributed by atoms with E-state index in [1.54, 1.807) is 38.1 Å². The Labute approximate surface area is 159 Å². The highest BCUT2D eigenvalue weighted by Gasteiger charge is 2.22. The molecule has 0 atom stereocenters. The largest absolute Gasteiger partial charge is 0.369 e. The second kappa shape index (κ2) is 9.28. The molecule has 0 amide bonds. The molecule has 0 bridgehead atoms. The number of Topliss-reactive ketones (excluding diaryl/α,β-unsaturated/α-hetero) is 1. The number of hydrogen-bond donors (Lipinski definition) is 0. The fourth-order valence-corrected chi connectivity index (χ4v) is 4.18. The van der Waals surface area contributed by atoms with Crippen LogP contribution in [0, 0.1) is 0 Å². The van der Waals surface area contributed by atoms with E-state index in [0.717, 1.165) is 0 Å². The Morgan fingerprint density at radius 2 is 1.73 bits per heavy atom. The van der Waals surface area contributed by atoms with Gasteiger partial charge in [0.25, 0.3) is 0 Å². The highest BCUT2D eigenvalue weighted by atomic mass is 35.5. The third-order valence-electron chi connectivity index (χ3n) is 3.95. The first-order chi connectivity index (χ1) is 12.4. The molecule has 0 aliphatic rings. The summed E-state index contributed by atoms with van der Waals surface area (Å²) in [6.45, 7) is 4.30. The van der Waals surface area contributed by atoms with Crippen molar-refractivity contribution in [2.24, 2.45) is 0 Å². The standard InChI is InChI=1S/C19H22ClNO4S/c1-3-21(4-2)26(23,24)17-10-11-18(20)16(12-17)13-25-14-19(22)15-8-6-5-7-9-15/h5-12H,3-4,13-14H2,1-2H3. The summed E-state index contributed by atoms with van der Waals surface area (Å²) in [6, 6.07) is 13.4. The van der Waals surface area contributed by atoms with Crippen LogP contribution in [0.15, 0.2) is 53.4 Å². The Balaban J connectivity index is 2.09. The lowest BCUT2D eigenvalue weighted by molar-refractivity contribution is 0.0726. The average molecular weight is 396 g/mol. The number of hydrogen-bond acceptors (Lipinski definition) is 4. The van der Waals surface area contributed by atoms with Crippen molar-refractivity contribution in [2.75, 3.05) is 19.7 Å². The van der Waals surface area contributed by atoms with Gasteiger partial charge in [-0.15, -0.1) is 0 Å².